The molecule has 0 aliphatic heterocycles. The van der Waals surface area contributed by atoms with Crippen LogP contribution in [0.5, 0.6) is 0 Å². The number of benzene rings is 7. The first-order chi connectivity index (χ1) is 31.0. The van der Waals surface area contributed by atoms with Gasteiger partial charge in [0.25, 0.3) is 0 Å². The quantitative estimate of drug-likeness (QED) is 0.119. The lowest BCUT2D eigenvalue weighted by molar-refractivity contribution is 0.656. The van der Waals surface area contributed by atoms with Gasteiger partial charge in [-0.2, -0.15) is 0 Å². The maximum absolute atomic E-state index is 6.90. The molecule has 0 fully saturated rings. The molecule has 0 amide bonds. The molecule has 0 aliphatic carbocycles. The van der Waals surface area contributed by atoms with E-state index in [4.69, 9.17) is 8.83 Å². The zero-order valence-corrected chi connectivity index (χ0v) is 36.9. The number of allylic oxidation sites excluding steroid dienone is 8. The van der Waals surface area contributed by atoms with E-state index in [1.807, 2.05) is 65.0 Å². The van der Waals surface area contributed by atoms with Gasteiger partial charge in [-0.15, -0.1) is 0 Å². The van der Waals surface area contributed by atoms with Crippen LogP contribution in [0.15, 0.2) is 191 Å². The summed E-state index contributed by atoms with van der Waals surface area (Å²) < 4.78 is 17.9. The molecule has 11 rings (SSSR count). The molecule has 310 valence electrons. The zero-order valence-electron chi connectivity index (χ0n) is 36.9. The van der Waals surface area contributed by atoms with Crippen molar-refractivity contribution in [3.8, 4) is 22.3 Å². The largest absolute Gasteiger partial charge is 0.456 e. The molecule has 0 radical (unpaired) electrons. The molecular weight excluding hydrogens is 769 g/mol. The number of para-hydroxylation sites is 3. The van der Waals surface area contributed by atoms with Crippen molar-refractivity contribution in [1.82, 2.24) is 9.13 Å². The van der Waals surface area contributed by atoms with Crippen molar-refractivity contribution in [2.24, 2.45) is 0 Å². The number of nitrogens with zero attached hydrogens (tertiary/aromatic N) is 2. The van der Waals surface area contributed by atoms with Gasteiger partial charge in [-0.25, -0.2) is 0 Å². The minimum Gasteiger partial charge on any atom is -0.456 e. The van der Waals surface area contributed by atoms with E-state index in [1.54, 1.807) is 0 Å². The normalized spacial score (nSPS) is 12.3. The van der Waals surface area contributed by atoms with Gasteiger partial charge in [-0.1, -0.05) is 124 Å². The Balaban J connectivity index is 0.000000798. The summed E-state index contributed by atoms with van der Waals surface area (Å²) in [5.74, 6) is 0. The Labute approximate surface area is 368 Å². The maximum Gasteiger partial charge on any atom is 0.143 e. The third-order valence-corrected chi connectivity index (χ3v) is 11.8. The van der Waals surface area contributed by atoms with Gasteiger partial charge < -0.3 is 18.0 Å². The van der Waals surface area contributed by atoms with E-state index < -0.39 is 0 Å². The molecule has 0 atom stereocenters. The number of rotatable bonds is 7. The molecule has 0 N–H and O–H groups in total. The number of furan rings is 2. The molecule has 0 bridgehead atoms. The minimum atomic E-state index is 0.805. The van der Waals surface area contributed by atoms with Crippen molar-refractivity contribution in [3.63, 3.8) is 0 Å². The highest BCUT2D eigenvalue weighted by atomic mass is 16.3. The average molecular weight is 821 g/mol. The van der Waals surface area contributed by atoms with E-state index in [0.29, 0.717) is 0 Å². The van der Waals surface area contributed by atoms with Crippen LogP contribution in [0.3, 0.4) is 0 Å². The van der Waals surface area contributed by atoms with Crippen LogP contribution in [0.2, 0.25) is 0 Å². The molecule has 4 heteroatoms. The number of hydrogen-bond acceptors (Lipinski definition) is 2. The van der Waals surface area contributed by atoms with Gasteiger partial charge >= 0.3 is 0 Å². The van der Waals surface area contributed by atoms with Crippen molar-refractivity contribution in [3.05, 3.63) is 183 Å². The number of aromatic nitrogens is 2. The van der Waals surface area contributed by atoms with Crippen LogP contribution in [-0.2, 0) is 0 Å². The zero-order chi connectivity index (χ0) is 43.6. The molecule has 4 aromatic heterocycles. The SMILES string of the molecule is C/C=C\C.C=C/C=C(\C=C/C)n1c2ccccc2c2cc(-c3cc(-c4ccc5c(c4)c4ccccc4n5/C=C/CC)cc4c3oc3cc5oc6ccccc6c5cc34)ccc21.CC. The summed E-state index contributed by atoms with van der Waals surface area (Å²) >= 11 is 0. The van der Waals surface area contributed by atoms with E-state index >= 15 is 0 Å². The predicted octanol–water partition coefficient (Wildman–Crippen LogP) is 18.1. The van der Waals surface area contributed by atoms with Crippen LogP contribution in [0, 0.1) is 0 Å². The summed E-state index contributed by atoms with van der Waals surface area (Å²) in [5, 5.41) is 9.16. The van der Waals surface area contributed by atoms with Crippen LogP contribution in [-0.4, -0.2) is 9.13 Å². The third kappa shape index (κ3) is 6.98. The van der Waals surface area contributed by atoms with Crippen LogP contribution < -0.4 is 0 Å². The molecule has 0 spiro atoms. The molecule has 0 unspecified atom stereocenters. The topological polar surface area (TPSA) is 36.1 Å². The van der Waals surface area contributed by atoms with Gasteiger partial charge in [0, 0.05) is 66.6 Å². The summed E-state index contributed by atoms with van der Waals surface area (Å²) in [7, 11) is 0. The summed E-state index contributed by atoms with van der Waals surface area (Å²) in [6.07, 6.45) is 17.5. The van der Waals surface area contributed by atoms with E-state index in [2.05, 4.69) is 174 Å². The van der Waals surface area contributed by atoms with Crippen LogP contribution >= 0.6 is 0 Å². The second-order valence-electron chi connectivity index (χ2n) is 15.4. The number of hydrogen-bond donors (Lipinski definition) is 0. The highest BCUT2D eigenvalue weighted by Gasteiger charge is 2.21. The summed E-state index contributed by atoms with van der Waals surface area (Å²) in [5.41, 5.74) is 13.5. The molecule has 0 saturated carbocycles. The second-order valence-corrected chi connectivity index (χ2v) is 15.4. The Kier molecular flexibility index (Phi) is 11.3. The molecule has 11 aromatic rings. The second kappa shape index (κ2) is 17.4. The molecule has 0 aliphatic rings. The van der Waals surface area contributed by atoms with Gasteiger partial charge in [0.2, 0.25) is 0 Å². The van der Waals surface area contributed by atoms with Gasteiger partial charge in [0.1, 0.15) is 22.3 Å². The van der Waals surface area contributed by atoms with E-state index in [1.165, 1.54) is 32.6 Å². The van der Waals surface area contributed by atoms with Crippen LogP contribution in [0.4, 0.5) is 0 Å². The fourth-order valence-electron chi connectivity index (χ4n) is 8.95. The third-order valence-electron chi connectivity index (χ3n) is 11.8. The highest BCUT2D eigenvalue weighted by molar-refractivity contribution is 6.19. The Morgan fingerprint density at radius 2 is 1.11 bits per heavy atom. The summed E-state index contributed by atoms with van der Waals surface area (Å²) in [6.45, 7) is 16.2. The van der Waals surface area contributed by atoms with Gasteiger partial charge in [-0.05, 0) is 117 Å². The Bertz CT molecular complexity index is 3620. The molecule has 7 aromatic carbocycles. The fraction of sp³-hybridized carbons (Fsp3) is 0.119. The van der Waals surface area contributed by atoms with E-state index in [0.717, 1.165) is 89.3 Å². The molecule has 4 heterocycles. The first-order valence-electron chi connectivity index (χ1n) is 22.1. The minimum absolute atomic E-state index is 0.805. The van der Waals surface area contributed by atoms with Gasteiger partial charge in [-0.3, -0.25) is 0 Å². The Morgan fingerprint density at radius 3 is 1.86 bits per heavy atom. The molecule has 0 saturated heterocycles. The summed E-state index contributed by atoms with van der Waals surface area (Å²) in [6, 6.07) is 48.2. The maximum atomic E-state index is 6.90. The van der Waals surface area contributed by atoms with Gasteiger partial charge in [0.05, 0.1) is 22.1 Å². The van der Waals surface area contributed by atoms with Crippen molar-refractivity contribution < 1.29 is 8.83 Å². The first kappa shape index (κ1) is 40.8. The van der Waals surface area contributed by atoms with Crippen molar-refractivity contribution >= 4 is 99.4 Å². The first-order valence-corrected chi connectivity index (χ1v) is 22.1. The lowest BCUT2D eigenvalue weighted by Crippen LogP contribution is -1.94. The Hall–Kier alpha value is -7.56. The smallest absolute Gasteiger partial charge is 0.143 e. The lowest BCUT2D eigenvalue weighted by Gasteiger charge is -2.11. The van der Waals surface area contributed by atoms with Crippen molar-refractivity contribution in [2.45, 2.75) is 48.0 Å². The van der Waals surface area contributed by atoms with E-state index in [9.17, 15) is 0 Å². The Morgan fingerprint density at radius 1 is 0.524 bits per heavy atom. The van der Waals surface area contributed by atoms with Crippen LogP contribution in [0.1, 0.15) is 48.0 Å². The highest BCUT2D eigenvalue weighted by Crippen LogP contribution is 2.44. The predicted molar refractivity (Wildman–Crippen MR) is 275 cm³/mol. The fourth-order valence-corrected chi connectivity index (χ4v) is 8.95. The molecule has 4 nitrogen and oxygen atoms in total. The van der Waals surface area contributed by atoms with Crippen LogP contribution in [0.25, 0.3) is 122 Å². The van der Waals surface area contributed by atoms with Crippen molar-refractivity contribution in [1.29, 1.82) is 0 Å². The van der Waals surface area contributed by atoms with E-state index in [-0.39, 0.29) is 0 Å². The average Bonchev–Trinajstić information content (AvgIpc) is 4.07. The molecular formula is C59H52N2O2. The number of fused-ring (bicyclic) bond motifs is 12. The molecule has 63 heavy (non-hydrogen) atoms. The monoisotopic (exact) mass is 820 g/mol. The van der Waals surface area contributed by atoms with Crippen molar-refractivity contribution in [2.75, 3.05) is 0 Å². The summed E-state index contributed by atoms with van der Waals surface area (Å²) in [4.78, 5) is 0. The standard InChI is InChI=1S/C53H38N2O2.C4H8.C2H6/c1-4-7-26-54-46-19-11-8-16-37(46)41-27-33(22-24-47(41)54)35-29-40(53-45(30-35)44-31-43-39-18-10-13-21-50(39)56-51(43)32-52(44)57-53)34-23-25-49-42(28-34)38-17-9-12-20-48(38)55(49)36(14-5-2)15-6-3;1-3-4-2;1-2/h5-32H,2,4H2,1,3H3;3-4H,1-2H3;1-2H3/b15-6-,26-7+,36-14+;4-3-;. The lowest BCUT2D eigenvalue weighted by atomic mass is 9.94. The van der Waals surface area contributed by atoms with Gasteiger partial charge in [0.15, 0.2) is 0 Å².